The quantitative estimate of drug-likeness (QED) is 0.548. The van der Waals surface area contributed by atoms with Gasteiger partial charge in [0.2, 0.25) is 0 Å². The summed E-state index contributed by atoms with van der Waals surface area (Å²) in [5.41, 5.74) is 2.86. The lowest BCUT2D eigenvalue weighted by Gasteiger charge is -2.41. The van der Waals surface area contributed by atoms with Crippen molar-refractivity contribution in [3.8, 4) is 23.0 Å². The van der Waals surface area contributed by atoms with Crippen LogP contribution in [-0.2, 0) is 12.8 Å². The van der Waals surface area contributed by atoms with Crippen LogP contribution in [0.15, 0.2) is 35.9 Å². The molecule has 166 valence electrons. The number of aliphatic hydroxyl groups is 2. The Balaban J connectivity index is 1.83. The van der Waals surface area contributed by atoms with E-state index in [0.717, 1.165) is 23.1 Å². The average molecular weight is 427 g/mol. The largest absolute Gasteiger partial charge is 0.508 e. The third kappa shape index (κ3) is 3.86. The molecule has 0 radical (unpaired) electrons. The van der Waals surface area contributed by atoms with Crippen LogP contribution in [0.1, 0.15) is 68.6 Å². The van der Waals surface area contributed by atoms with Crippen LogP contribution in [0.4, 0.5) is 0 Å². The molecule has 0 spiro atoms. The highest BCUT2D eigenvalue weighted by Crippen LogP contribution is 2.50. The second kappa shape index (κ2) is 7.77. The summed E-state index contributed by atoms with van der Waals surface area (Å²) in [6, 6.07) is 6.88. The van der Waals surface area contributed by atoms with E-state index in [0.29, 0.717) is 29.7 Å². The lowest BCUT2D eigenvalue weighted by Crippen LogP contribution is -2.48. The van der Waals surface area contributed by atoms with Crippen LogP contribution < -0.4 is 9.47 Å². The zero-order chi connectivity index (χ0) is 22.5. The Labute approximate surface area is 182 Å². The van der Waals surface area contributed by atoms with Crippen molar-refractivity contribution in [3.05, 3.63) is 58.2 Å². The van der Waals surface area contributed by atoms with E-state index in [9.17, 15) is 20.4 Å². The van der Waals surface area contributed by atoms with Crippen LogP contribution in [0.25, 0.3) is 0 Å². The lowest BCUT2D eigenvalue weighted by atomic mass is 9.84. The van der Waals surface area contributed by atoms with Gasteiger partial charge >= 0.3 is 0 Å². The highest BCUT2D eigenvalue weighted by molar-refractivity contribution is 5.59. The molecule has 2 aromatic carbocycles. The minimum Gasteiger partial charge on any atom is -0.508 e. The molecule has 31 heavy (non-hydrogen) atoms. The SMILES string of the molecule is CC(C)=CCc1c([C@@H]2CCc3ccc(O)cc3O2)cc2c(c1O)OC(C)(C)[C@H](O)[C@H]2O. The van der Waals surface area contributed by atoms with E-state index in [1.807, 2.05) is 26.0 Å². The molecule has 6 heteroatoms. The summed E-state index contributed by atoms with van der Waals surface area (Å²) in [5.74, 6) is 0.915. The van der Waals surface area contributed by atoms with Crippen molar-refractivity contribution in [1.29, 1.82) is 0 Å². The number of fused-ring (bicyclic) bond motifs is 2. The van der Waals surface area contributed by atoms with Crippen molar-refractivity contribution in [1.82, 2.24) is 0 Å². The molecule has 0 unspecified atom stereocenters. The van der Waals surface area contributed by atoms with Gasteiger partial charge in [0.25, 0.3) is 0 Å². The molecule has 2 aliphatic rings. The van der Waals surface area contributed by atoms with Gasteiger partial charge in [0, 0.05) is 22.8 Å². The van der Waals surface area contributed by atoms with E-state index >= 15 is 0 Å². The summed E-state index contributed by atoms with van der Waals surface area (Å²) in [6.07, 6.45) is 1.24. The van der Waals surface area contributed by atoms with Gasteiger partial charge in [-0.2, -0.15) is 0 Å². The number of ether oxygens (including phenoxy) is 2. The molecular weight excluding hydrogens is 396 g/mol. The fraction of sp³-hybridized carbons (Fsp3) is 0.440. The average Bonchev–Trinajstić information content (AvgIpc) is 2.71. The topological polar surface area (TPSA) is 99.4 Å². The summed E-state index contributed by atoms with van der Waals surface area (Å²) in [4.78, 5) is 0. The molecule has 0 saturated heterocycles. The Hall–Kier alpha value is -2.70. The number of phenolic OH excluding ortho intramolecular Hbond substituents is 2. The monoisotopic (exact) mass is 426 g/mol. The third-order valence-corrected chi connectivity index (χ3v) is 6.17. The highest BCUT2D eigenvalue weighted by Gasteiger charge is 2.44. The van der Waals surface area contributed by atoms with Crippen molar-refractivity contribution >= 4 is 0 Å². The maximum atomic E-state index is 11.2. The van der Waals surface area contributed by atoms with Crippen LogP contribution in [0.5, 0.6) is 23.0 Å². The normalized spacial score (nSPS) is 23.7. The van der Waals surface area contributed by atoms with Crippen molar-refractivity contribution < 1.29 is 29.9 Å². The second-order valence-electron chi connectivity index (χ2n) is 9.23. The first-order valence-corrected chi connectivity index (χ1v) is 10.6. The number of hydrogen-bond donors (Lipinski definition) is 4. The van der Waals surface area contributed by atoms with E-state index in [-0.39, 0.29) is 23.4 Å². The van der Waals surface area contributed by atoms with E-state index in [1.54, 1.807) is 32.0 Å². The van der Waals surface area contributed by atoms with Crippen molar-refractivity contribution in [3.63, 3.8) is 0 Å². The number of aryl methyl sites for hydroxylation is 1. The molecule has 0 aromatic heterocycles. The van der Waals surface area contributed by atoms with Crippen molar-refractivity contribution in [2.45, 2.75) is 70.9 Å². The van der Waals surface area contributed by atoms with E-state index in [2.05, 4.69) is 0 Å². The van der Waals surface area contributed by atoms with Crippen LogP contribution >= 0.6 is 0 Å². The van der Waals surface area contributed by atoms with Gasteiger partial charge in [-0.3, -0.25) is 0 Å². The van der Waals surface area contributed by atoms with Gasteiger partial charge < -0.3 is 29.9 Å². The van der Waals surface area contributed by atoms with Crippen LogP contribution in [0, 0.1) is 0 Å². The molecule has 4 N–H and O–H groups in total. The molecule has 0 saturated carbocycles. The van der Waals surface area contributed by atoms with Gasteiger partial charge in [0.1, 0.15) is 35.4 Å². The fourth-order valence-electron chi connectivity index (χ4n) is 4.32. The molecule has 2 heterocycles. The predicted molar refractivity (Wildman–Crippen MR) is 117 cm³/mol. The Morgan fingerprint density at radius 1 is 1.13 bits per heavy atom. The molecule has 0 fully saturated rings. The summed E-state index contributed by atoms with van der Waals surface area (Å²) in [6.45, 7) is 7.34. The highest BCUT2D eigenvalue weighted by atomic mass is 16.5. The Morgan fingerprint density at radius 2 is 1.87 bits per heavy atom. The number of allylic oxidation sites excluding steroid dienone is 2. The first-order chi connectivity index (χ1) is 14.6. The molecule has 6 nitrogen and oxygen atoms in total. The maximum Gasteiger partial charge on any atom is 0.168 e. The van der Waals surface area contributed by atoms with Crippen molar-refractivity contribution in [2.75, 3.05) is 0 Å². The minimum atomic E-state index is -1.19. The smallest absolute Gasteiger partial charge is 0.168 e. The van der Waals surface area contributed by atoms with Gasteiger partial charge in [-0.05, 0) is 64.7 Å². The van der Waals surface area contributed by atoms with Gasteiger partial charge in [-0.15, -0.1) is 0 Å². The molecule has 0 bridgehead atoms. The zero-order valence-corrected chi connectivity index (χ0v) is 18.3. The summed E-state index contributed by atoms with van der Waals surface area (Å²) in [7, 11) is 0. The summed E-state index contributed by atoms with van der Waals surface area (Å²) >= 11 is 0. The Morgan fingerprint density at radius 3 is 2.58 bits per heavy atom. The molecule has 2 aliphatic heterocycles. The number of aliphatic hydroxyl groups excluding tert-OH is 2. The first-order valence-electron chi connectivity index (χ1n) is 10.6. The predicted octanol–water partition coefficient (Wildman–Crippen LogP) is 4.24. The van der Waals surface area contributed by atoms with Crippen LogP contribution in [0.2, 0.25) is 0 Å². The second-order valence-corrected chi connectivity index (χ2v) is 9.23. The number of hydrogen-bond acceptors (Lipinski definition) is 6. The molecule has 2 aromatic rings. The zero-order valence-electron chi connectivity index (χ0n) is 18.3. The van der Waals surface area contributed by atoms with E-state index in [1.165, 1.54) is 0 Å². The number of aromatic hydroxyl groups is 2. The summed E-state index contributed by atoms with van der Waals surface area (Å²) < 4.78 is 12.2. The Bertz CT molecular complexity index is 1030. The first kappa shape index (κ1) is 21.5. The van der Waals surface area contributed by atoms with Crippen LogP contribution in [-0.4, -0.2) is 32.1 Å². The Kier molecular flexibility index (Phi) is 5.40. The minimum absolute atomic E-state index is 0.0330. The lowest BCUT2D eigenvalue weighted by molar-refractivity contribution is -0.112. The van der Waals surface area contributed by atoms with Crippen LogP contribution in [0.3, 0.4) is 0 Å². The van der Waals surface area contributed by atoms with E-state index in [4.69, 9.17) is 9.47 Å². The molecular formula is C25H30O6. The van der Waals surface area contributed by atoms with Crippen molar-refractivity contribution in [2.24, 2.45) is 0 Å². The van der Waals surface area contributed by atoms with Gasteiger partial charge in [-0.1, -0.05) is 17.7 Å². The third-order valence-electron chi connectivity index (χ3n) is 6.17. The van der Waals surface area contributed by atoms with E-state index < -0.39 is 17.8 Å². The fourth-order valence-corrected chi connectivity index (χ4v) is 4.32. The number of phenols is 2. The molecule has 0 amide bonds. The number of rotatable bonds is 3. The molecule has 4 rings (SSSR count). The standard InChI is InChI=1S/C25H30O6/c1-13(2)5-9-16-17(19-10-7-14-6-8-15(26)11-20(14)30-19)12-18-22(28)24(29)25(3,4)31-23(18)21(16)27/h5-6,8,11-12,19,22,24,26-29H,7,9-10H2,1-4H3/t19-,22-,24+/m0/s1. The maximum absolute atomic E-state index is 11.2. The number of benzene rings is 2. The molecule has 0 aliphatic carbocycles. The van der Waals surface area contributed by atoms with Gasteiger partial charge in [0.05, 0.1) is 0 Å². The van der Waals surface area contributed by atoms with Gasteiger partial charge in [-0.25, -0.2) is 0 Å². The summed E-state index contributed by atoms with van der Waals surface area (Å²) in [5, 5.41) is 42.4. The van der Waals surface area contributed by atoms with Gasteiger partial charge in [0.15, 0.2) is 11.5 Å². The molecule has 3 atom stereocenters.